The van der Waals surface area contributed by atoms with Gasteiger partial charge in [-0.2, -0.15) is 8.78 Å². The third kappa shape index (κ3) is 4.52. The van der Waals surface area contributed by atoms with Gasteiger partial charge in [-0.05, 0) is 18.2 Å². The Morgan fingerprint density at radius 3 is 2.52 bits per heavy atom. The first kappa shape index (κ1) is 16.9. The van der Waals surface area contributed by atoms with Crippen LogP contribution in [0.25, 0.3) is 0 Å². The summed E-state index contributed by atoms with van der Waals surface area (Å²) >= 11 is 0. The number of alkyl halides is 2. The summed E-state index contributed by atoms with van der Waals surface area (Å²) < 4.78 is 28.8. The minimum Gasteiger partial charge on any atom is -0.435 e. The molecule has 1 fully saturated rings. The standard InChI is InChI=1S/C16H17F2N5O2/c17-14(18)25-13-4-1-3-12(11-13)21-16(24)23-9-7-22(8-10-23)15-19-5-2-6-20-15/h1-6,11,14H,7-10H2,(H,21,24). The largest absolute Gasteiger partial charge is 0.435 e. The number of hydrogen-bond acceptors (Lipinski definition) is 5. The lowest BCUT2D eigenvalue weighted by Crippen LogP contribution is -2.50. The number of carbonyl (C=O) groups is 1. The van der Waals surface area contributed by atoms with E-state index in [1.165, 1.54) is 18.2 Å². The summed E-state index contributed by atoms with van der Waals surface area (Å²) in [4.78, 5) is 24.4. The van der Waals surface area contributed by atoms with Crippen molar-refractivity contribution in [1.82, 2.24) is 14.9 Å². The predicted molar refractivity (Wildman–Crippen MR) is 87.9 cm³/mol. The van der Waals surface area contributed by atoms with Gasteiger partial charge < -0.3 is 19.9 Å². The van der Waals surface area contributed by atoms with Crippen LogP contribution in [0.15, 0.2) is 42.7 Å². The van der Waals surface area contributed by atoms with E-state index < -0.39 is 6.61 Å². The number of piperazine rings is 1. The molecule has 132 valence electrons. The fraction of sp³-hybridized carbons (Fsp3) is 0.312. The van der Waals surface area contributed by atoms with Crippen molar-refractivity contribution in [2.24, 2.45) is 0 Å². The molecule has 2 amide bonds. The normalized spacial score (nSPS) is 14.5. The summed E-state index contributed by atoms with van der Waals surface area (Å²) in [5.74, 6) is 0.637. The molecule has 1 aliphatic heterocycles. The molecule has 0 unspecified atom stereocenters. The van der Waals surface area contributed by atoms with Crippen LogP contribution in [0.5, 0.6) is 5.75 Å². The Balaban J connectivity index is 1.54. The van der Waals surface area contributed by atoms with Crippen molar-refractivity contribution in [3.63, 3.8) is 0 Å². The third-order valence-electron chi connectivity index (χ3n) is 3.71. The summed E-state index contributed by atoms with van der Waals surface area (Å²) in [5, 5.41) is 2.69. The lowest BCUT2D eigenvalue weighted by molar-refractivity contribution is -0.0497. The lowest BCUT2D eigenvalue weighted by Gasteiger charge is -2.34. The topological polar surface area (TPSA) is 70.6 Å². The maximum Gasteiger partial charge on any atom is 0.387 e. The zero-order valence-corrected chi connectivity index (χ0v) is 13.3. The second kappa shape index (κ2) is 7.73. The second-order valence-electron chi connectivity index (χ2n) is 5.36. The molecule has 0 radical (unpaired) electrons. The van der Waals surface area contributed by atoms with Crippen molar-refractivity contribution in [1.29, 1.82) is 0 Å². The number of rotatable bonds is 4. The van der Waals surface area contributed by atoms with Crippen molar-refractivity contribution in [3.8, 4) is 5.75 Å². The molecule has 1 aromatic carbocycles. The summed E-state index contributed by atoms with van der Waals surface area (Å²) in [5.41, 5.74) is 0.400. The predicted octanol–water partition coefficient (Wildman–Crippen LogP) is 2.43. The highest BCUT2D eigenvalue weighted by Crippen LogP contribution is 2.20. The number of hydrogen-bond donors (Lipinski definition) is 1. The Hall–Kier alpha value is -2.97. The molecule has 1 N–H and O–H groups in total. The van der Waals surface area contributed by atoms with E-state index in [0.717, 1.165) is 0 Å². The van der Waals surface area contributed by atoms with Crippen LogP contribution in [0.1, 0.15) is 0 Å². The quantitative estimate of drug-likeness (QED) is 0.918. The summed E-state index contributed by atoms with van der Waals surface area (Å²) in [6.07, 6.45) is 3.35. The van der Waals surface area contributed by atoms with Crippen LogP contribution in [0.2, 0.25) is 0 Å². The first-order valence-electron chi connectivity index (χ1n) is 7.74. The summed E-state index contributed by atoms with van der Waals surface area (Å²) in [6.45, 7) is -0.647. The molecule has 0 saturated carbocycles. The molecule has 1 saturated heterocycles. The highest BCUT2D eigenvalue weighted by Gasteiger charge is 2.22. The fourth-order valence-electron chi connectivity index (χ4n) is 2.52. The summed E-state index contributed by atoms with van der Waals surface area (Å²) in [6, 6.07) is 7.38. The molecule has 2 heterocycles. The van der Waals surface area contributed by atoms with Gasteiger partial charge in [0.25, 0.3) is 0 Å². The molecule has 0 aliphatic carbocycles. The smallest absolute Gasteiger partial charge is 0.387 e. The molecule has 0 atom stereocenters. The van der Waals surface area contributed by atoms with Gasteiger partial charge in [0.15, 0.2) is 0 Å². The second-order valence-corrected chi connectivity index (χ2v) is 5.36. The van der Waals surface area contributed by atoms with Crippen molar-refractivity contribution < 1.29 is 18.3 Å². The molecule has 1 aromatic heterocycles. The van der Waals surface area contributed by atoms with Crippen molar-refractivity contribution >= 4 is 17.7 Å². The Labute approximate surface area is 143 Å². The number of carbonyl (C=O) groups excluding carboxylic acids is 1. The number of aromatic nitrogens is 2. The van der Waals surface area contributed by atoms with Crippen molar-refractivity contribution in [2.45, 2.75) is 6.61 Å². The van der Waals surface area contributed by atoms with Crippen molar-refractivity contribution in [3.05, 3.63) is 42.7 Å². The van der Waals surface area contributed by atoms with Crippen LogP contribution in [-0.4, -0.2) is 53.7 Å². The van der Waals surface area contributed by atoms with E-state index in [4.69, 9.17) is 0 Å². The zero-order valence-electron chi connectivity index (χ0n) is 13.3. The number of benzene rings is 1. The molecule has 7 nitrogen and oxygen atoms in total. The van der Waals surface area contributed by atoms with Gasteiger partial charge in [-0.15, -0.1) is 0 Å². The number of halogens is 2. The number of amides is 2. The van der Waals surface area contributed by atoms with Gasteiger partial charge in [-0.3, -0.25) is 0 Å². The van der Waals surface area contributed by atoms with Gasteiger partial charge in [0.1, 0.15) is 5.75 Å². The molecule has 25 heavy (non-hydrogen) atoms. The van der Waals surface area contributed by atoms with E-state index in [2.05, 4.69) is 20.0 Å². The van der Waals surface area contributed by atoms with E-state index >= 15 is 0 Å². The van der Waals surface area contributed by atoms with Gasteiger partial charge in [-0.1, -0.05) is 6.07 Å². The highest BCUT2D eigenvalue weighted by molar-refractivity contribution is 5.89. The van der Waals surface area contributed by atoms with Gasteiger partial charge in [0.2, 0.25) is 5.95 Å². The van der Waals surface area contributed by atoms with E-state index in [0.29, 0.717) is 37.8 Å². The van der Waals surface area contributed by atoms with Crippen LogP contribution < -0.4 is 15.0 Å². The van der Waals surface area contributed by atoms with E-state index in [1.54, 1.807) is 29.4 Å². The molecular formula is C16H17F2N5O2. The molecule has 9 heteroatoms. The van der Waals surface area contributed by atoms with Gasteiger partial charge >= 0.3 is 12.6 Å². The molecule has 0 spiro atoms. The molecular weight excluding hydrogens is 332 g/mol. The molecule has 2 aromatic rings. The van der Waals surface area contributed by atoms with Crippen LogP contribution in [0.4, 0.5) is 25.2 Å². The Kier molecular flexibility index (Phi) is 5.22. The zero-order chi connectivity index (χ0) is 17.6. The summed E-state index contributed by atoms with van der Waals surface area (Å²) in [7, 11) is 0. The average molecular weight is 349 g/mol. The molecule has 1 aliphatic rings. The Morgan fingerprint density at radius 1 is 1.12 bits per heavy atom. The lowest BCUT2D eigenvalue weighted by atomic mass is 10.3. The van der Waals surface area contributed by atoms with Crippen LogP contribution in [0, 0.1) is 0 Å². The van der Waals surface area contributed by atoms with Crippen molar-refractivity contribution in [2.75, 3.05) is 36.4 Å². The van der Waals surface area contributed by atoms with E-state index in [1.807, 2.05) is 4.90 Å². The number of nitrogens with one attached hydrogen (secondary N) is 1. The maximum absolute atomic E-state index is 12.3. The van der Waals surface area contributed by atoms with Crippen LogP contribution >= 0.6 is 0 Å². The van der Waals surface area contributed by atoms with Crippen LogP contribution in [0.3, 0.4) is 0 Å². The third-order valence-corrected chi connectivity index (χ3v) is 3.71. The Bertz CT molecular complexity index is 709. The van der Waals surface area contributed by atoms with E-state index in [-0.39, 0.29) is 11.8 Å². The van der Waals surface area contributed by atoms with E-state index in [9.17, 15) is 13.6 Å². The SMILES string of the molecule is O=C(Nc1cccc(OC(F)F)c1)N1CCN(c2ncccn2)CC1. The van der Waals surface area contributed by atoms with Gasteiger partial charge in [0, 0.05) is 50.3 Å². The maximum atomic E-state index is 12.3. The monoisotopic (exact) mass is 349 g/mol. The fourth-order valence-corrected chi connectivity index (χ4v) is 2.52. The first-order chi connectivity index (χ1) is 12.1. The molecule has 3 rings (SSSR count). The highest BCUT2D eigenvalue weighted by atomic mass is 19.3. The van der Waals surface area contributed by atoms with Gasteiger partial charge in [0.05, 0.1) is 0 Å². The minimum atomic E-state index is -2.90. The number of anilines is 2. The average Bonchev–Trinajstić information content (AvgIpc) is 2.62. The number of nitrogens with zero attached hydrogens (tertiary/aromatic N) is 4. The molecule has 0 bridgehead atoms. The number of ether oxygens (including phenoxy) is 1. The van der Waals surface area contributed by atoms with Gasteiger partial charge in [-0.25, -0.2) is 14.8 Å². The van der Waals surface area contributed by atoms with Crippen LogP contribution in [-0.2, 0) is 0 Å². The number of urea groups is 1. The minimum absolute atomic E-state index is 0.00107. The first-order valence-corrected chi connectivity index (χ1v) is 7.74. The Morgan fingerprint density at radius 2 is 1.84 bits per heavy atom.